The number of methoxy groups -OCH3 is 1. The number of amides is 1. The van der Waals surface area contributed by atoms with Gasteiger partial charge in [0, 0.05) is 30.1 Å². The second kappa shape index (κ2) is 10.4. The normalized spacial score (nSPS) is 13.3. The van der Waals surface area contributed by atoms with E-state index in [0.29, 0.717) is 29.4 Å². The van der Waals surface area contributed by atoms with Gasteiger partial charge in [0.05, 0.1) is 24.0 Å². The summed E-state index contributed by atoms with van der Waals surface area (Å²) in [6.45, 7) is 2.02. The Morgan fingerprint density at radius 2 is 2.18 bits per heavy atom. The SMILES string of the molecule is COc1cc(CC(=O)Nc2sc3c(c2C#N)CN(Cc2cccc(F)c2)CC3)ccc1SN. The largest absolute Gasteiger partial charge is 0.496 e. The molecule has 3 aromatic rings. The van der Waals surface area contributed by atoms with Crippen LogP contribution in [0.3, 0.4) is 0 Å². The van der Waals surface area contributed by atoms with E-state index in [4.69, 9.17) is 9.88 Å². The minimum absolute atomic E-state index is 0.158. The Bertz CT molecular complexity index is 1220. The zero-order chi connectivity index (χ0) is 23.4. The summed E-state index contributed by atoms with van der Waals surface area (Å²) in [5.41, 5.74) is 3.16. The van der Waals surface area contributed by atoms with Crippen molar-refractivity contribution in [2.24, 2.45) is 5.14 Å². The van der Waals surface area contributed by atoms with Crippen LogP contribution in [0.4, 0.5) is 9.39 Å². The van der Waals surface area contributed by atoms with Crippen LogP contribution in [0, 0.1) is 17.1 Å². The number of hydrogen-bond donors (Lipinski definition) is 2. The number of nitrogens with one attached hydrogen (secondary N) is 1. The van der Waals surface area contributed by atoms with Crippen molar-refractivity contribution < 1.29 is 13.9 Å². The minimum atomic E-state index is -0.252. The number of carbonyl (C=O) groups excluding carboxylic acids is 1. The third kappa shape index (κ3) is 5.37. The van der Waals surface area contributed by atoms with Gasteiger partial charge in [-0.1, -0.05) is 18.2 Å². The zero-order valence-corrected chi connectivity index (χ0v) is 19.7. The van der Waals surface area contributed by atoms with E-state index in [1.807, 2.05) is 18.2 Å². The van der Waals surface area contributed by atoms with Crippen molar-refractivity contribution in [2.45, 2.75) is 30.8 Å². The smallest absolute Gasteiger partial charge is 0.229 e. The van der Waals surface area contributed by atoms with E-state index in [9.17, 15) is 14.4 Å². The van der Waals surface area contributed by atoms with Gasteiger partial charge >= 0.3 is 0 Å². The maximum atomic E-state index is 13.5. The molecule has 6 nitrogen and oxygen atoms in total. The summed E-state index contributed by atoms with van der Waals surface area (Å²) >= 11 is 2.55. The number of halogens is 1. The number of hydrogen-bond acceptors (Lipinski definition) is 7. The van der Waals surface area contributed by atoms with E-state index in [1.165, 1.54) is 23.5 Å². The van der Waals surface area contributed by atoms with Gasteiger partial charge in [-0.15, -0.1) is 11.3 Å². The maximum Gasteiger partial charge on any atom is 0.229 e. The van der Waals surface area contributed by atoms with Crippen LogP contribution in [-0.2, 0) is 30.7 Å². The summed E-state index contributed by atoms with van der Waals surface area (Å²) < 4.78 is 18.9. The Kier molecular flexibility index (Phi) is 7.30. The Hall–Kier alpha value is -2.90. The van der Waals surface area contributed by atoms with Crippen LogP contribution in [0.15, 0.2) is 47.4 Å². The molecule has 0 bridgehead atoms. The van der Waals surface area contributed by atoms with E-state index in [0.717, 1.165) is 51.4 Å². The third-order valence-corrected chi connectivity index (χ3v) is 7.31. The summed E-state index contributed by atoms with van der Waals surface area (Å²) in [7, 11) is 1.56. The predicted molar refractivity (Wildman–Crippen MR) is 129 cm³/mol. The van der Waals surface area contributed by atoms with Crippen molar-refractivity contribution in [3.05, 3.63) is 75.4 Å². The summed E-state index contributed by atoms with van der Waals surface area (Å²) in [5.74, 6) is 0.171. The average molecular weight is 483 g/mol. The van der Waals surface area contributed by atoms with E-state index in [-0.39, 0.29) is 18.1 Å². The van der Waals surface area contributed by atoms with Gasteiger partial charge in [-0.25, -0.2) is 4.39 Å². The number of thiophene rings is 1. The topological polar surface area (TPSA) is 91.4 Å². The van der Waals surface area contributed by atoms with E-state index in [1.54, 1.807) is 19.2 Å². The molecule has 2 heterocycles. The number of benzene rings is 2. The number of nitrogens with zero attached hydrogens (tertiary/aromatic N) is 2. The fourth-order valence-corrected chi connectivity index (χ4v) is 5.52. The van der Waals surface area contributed by atoms with Gasteiger partial charge in [0.15, 0.2) is 0 Å². The van der Waals surface area contributed by atoms with Crippen molar-refractivity contribution in [1.82, 2.24) is 4.90 Å². The highest BCUT2D eigenvalue weighted by Gasteiger charge is 2.25. The molecule has 0 radical (unpaired) electrons. The van der Waals surface area contributed by atoms with Crippen LogP contribution in [0.2, 0.25) is 0 Å². The lowest BCUT2D eigenvalue weighted by atomic mass is 10.0. The molecule has 4 rings (SSSR count). The van der Waals surface area contributed by atoms with E-state index in [2.05, 4.69) is 16.3 Å². The highest BCUT2D eigenvalue weighted by atomic mass is 32.2. The fraction of sp³-hybridized carbons (Fsp3) is 0.250. The summed E-state index contributed by atoms with van der Waals surface area (Å²) in [5, 5.41) is 18.9. The first-order valence-electron chi connectivity index (χ1n) is 10.4. The Balaban J connectivity index is 1.46. The number of nitrogens with two attached hydrogens (primary N) is 1. The highest BCUT2D eigenvalue weighted by molar-refractivity contribution is 7.97. The first-order chi connectivity index (χ1) is 16.0. The van der Waals surface area contributed by atoms with Crippen molar-refractivity contribution >= 4 is 34.2 Å². The Morgan fingerprint density at radius 3 is 2.91 bits per heavy atom. The molecule has 1 aromatic heterocycles. The second-order valence-electron chi connectivity index (χ2n) is 7.74. The van der Waals surface area contributed by atoms with Gasteiger partial charge in [-0.05, 0) is 53.8 Å². The van der Waals surface area contributed by atoms with Crippen molar-refractivity contribution in [3.8, 4) is 11.8 Å². The first-order valence-corrected chi connectivity index (χ1v) is 12.0. The van der Waals surface area contributed by atoms with Crippen LogP contribution in [0.1, 0.15) is 27.1 Å². The van der Waals surface area contributed by atoms with Gasteiger partial charge in [0.25, 0.3) is 0 Å². The van der Waals surface area contributed by atoms with Crippen molar-refractivity contribution in [2.75, 3.05) is 19.0 Å². The molecule has 0 spiro atoms. The number of fused-ring (bicyclic) bond motifs is 1. The summed E-state index contributed by atoms with van der Waals surface area (Å²) in [4.78, 5) is 16.8. The van der Waals surface area contributed by atoms with Crippen LogP contribution < -0.4 is 15.2 Å². The molecule has 2 aromatic carbocycles. The number of rotatable bonds is 7. The quantitative estimate of drug-likeness (QED) is 0.483. The molecule has 0 atom stereocenters. The monoisotopic (exact) mass is 482 g/mol. The lowest BCUT2D eigenvalue weighted by molar-refractivity contribution is -0.115. The molecule has 1 aliphatic heterocycles. The number of nitriles is 1. The Morgan fingerprint density at radius 1 is 1.33 bits per heavy atom. The number of ether oxygens (including phenoxy) is 1. The van der Waals surface area contributed by atoms with Gasteiger partial charge in [-0.2, -0.15) is 5.26 Å². The van der Waals surface area contributed by atoms with Crippen LogP contribution in [0.25, 0.3) is 0 Å². The molecule has 1 amide bonds. The third-order valence-electron chi connectivity index (χ3n) is 5.51. The molecule has 0 unspecified atom stereocenters. The van der Waals surface area contributed by atoms with Gasteiger partial charge in [0.1, 0.15) is 22.6 Å². The van der Waals surface area contributed by atoms with Crippen molar-refractivity contribution in [1.29, 1.82) is 5.26 Å². The molecule has 1 aliphatic rings. The summed E-state index contributed by atoms with van der Waals surface area (Å²) in [6.07, 6.45) is 0.945. The molecular formula is C24H23FN4O2S2. The second-order valence-corrected chi connectivity index (χ2v) is 9.52. The molecule has 170 valence electrons. The lowest BCUT2D eigenvalue weighted by Gasteiger charge is -2.27. The molecule has 0 aliphatic carbocycles. The average Bonchev–Trinajstić information content (AvgIpc) is 3.14. The first kappa shape index (κ1) is 23.3. The summed E-state index contributed by atoms with van der Waals surface area (Å²) in [6, 6.07) is 14.3. The number of anilines is 1. The van der Waals surface area contributed by atoms with Crippen LogP contribution in [-0.4, -0.2) is 24.5 Å². The molecule has 0 saturated carbocycles. The van der Waals surface area contributed by atoms with E-state index < -0.39 is 0 Å². The molecule has 0 fully saturated rings. The van der Waals surface area contributed by atoms with Crippen molar-refractivity contribution in [3.63, 3.8) is 0 Å². The molecule has 3 N–H and O–H groups in total. The molecular weight excluding hydrogens is 459 g/mol. The number of carbonyl (C=O) groups is 1. The standard InChI is InChI=1S/C24H23FN4O2S2/c1-31-20-10-15(5-6-22(20)33-27)11-23(30)28-24-18(12-26)19-14-29(8-7-21(19)32-24)13-16-3-2-4-17(25)9-16/h2-6,9-10H,7-8,11,13-14,27H2,1H3,(H,28,30). The zero-order valence-electron chi connectivity index (χ0n) is 18.1. The molecule has 33 heavy (non-hydrogen) atoms. The van der Waals surface area contributed by atoms with Gasteiger partial charge in [-0.3, -0.25) is 14.8 Å². The van der Waals surface area contributed by atoms with Crippen LogP contribution in [0.5, 0.6) is 5.75 Å². The van der Waals surface area contributed by atoms with E-state index >= 15 is 0 Å². The maximum absolute atomic E-state index is 13.5. The minimum Gasteiger partial charge on any atom is -0.496 e. The Labute approximate surface area is 200 Å². The molecule has 0 saturated heterocycles. The van der Waals surface area contributed by atoms with Gasteiger partial charge in [0.2, 0.25) is 5.91 Å². The van der Waals surface area contributed by atoms with Crippen LogP contribution >= 0.6 is 23.3 Å². The highest BCUT2D eigenvalue weighted by Crippen LogP contribution is 2.37. The lowest BCUT2D eigenvalue weighted by Crippen LogP contribution is -2.29. The van der Waals surface area contributed by atoms with Gasteiger partial charge < -0.3 is 10.1 Å². The fourth-order valence-electron chi connectivity index (χ4n) is 3.95. The predicted octanol–water partition coefficient (Wildman–Crippen LogP) is 4.47. The molecule has 9 heteroatoms.